The van der Waals surface area contributed by atoms with Crippen LogP contribution in [0.1, 0.15) is 21.5 Å². The summed E-state index contributed by atoms with van der Waals surface area (Å²) in [5, 5.41) is 14.4. The largest absolute Gasteiger partial charge is 0.478 e. The van der Waals surface area contributed by atoms with E-state index in [-0.39, 0.29) is 17.8 Å². The summed E-state index contributed by atoms with van der Waals surface area (Å²) in [6.45, 7) is 0.583. The number of para-hydroxylation sites is 1. The second kappa shape index (κ2) is 7.24. The molecule has 1 aliphatic heterocycles. The molecule has 2 aromatic carbocycles. The van der Waals surface area contributed by atoms with E-state index in [1.165, 1.54) is 6.07 Å². The van der Waals surface area contributed by atoms with E-state index in [1.54, 1.807) is 18.2 Å². The molecule has 1 atom stereocenters. The van der Waals surface area contributed by atoms with Gasteiger partial charge in [-0.15, -0.1) is 0 Å². The minimum absolute atomic E-state index is 0.200. The number of amides is 3. The second-order valence-electron chi connectivity index (χ2n) is 5.78. The average molecular weight is 354 g/mol. The van der Waals surface area contributed by atoms with Crippen LogP contribution < -0.4 is 21.3 Å². The fraction of sp³-hybridized carbons (Fsp3) is 0.167. The normalized spacial score (nSPS) is 15.8. The van der Waals surface area contributed by atoms with Gasteiger partial charge in [-0.25, -0.2) is 9.59 Å². The Morgan fingerprint density at radius 2 is 1.88 bits per heavy atom. The second-order valence-corrected chi connectivity index (χ2v) is 5.78. The highest BCUT2D eigenvalue weighted by Crippen LogP contribution is 2.26. The fourth-order valence-corrected chi connectivity index (χ4v) is 2.81. The van der Waals surface area contributed by atoms with Crippen molar-refractivity contribution in [3.05, 3.63) is 65.2 Å². The lowest BCUT2D eigenvalue weighted by atomic mass is 10.1. The Morgan fingerprint density at radius 1 is 1.15 bits per heavy atom. The maximum Gasteiger partial charge on any atom is 0.347 e. The number of nitrogens with one attached hydrogen (secondary N) is 2. The first-order valence-corrected chi connectivity index (χ1v) is 7.99. The van der Waals surface area contributed by atoms with Gasteiger partial charge in [0.1, 0.15) is 0 Å². The molecule has 8 heteroatoms. The van der Waals surface area contributed by atoms with Crippen LogP contribution in [0.4, 0.5) is 10.5 Å². The molecule has 8 nitrogen and oxygen atoms in total. The number of nitrogens with zero attached hydrogens (tertiary/aromatic N) is 1. The fourth-order valence-electron chi connectivity index (χ4n) is 2.81. The van der Waals surface area contributed by atoms with Gasteiger partial charge in [0.15, 0.2) is 0 Å². The van der Waals surface area contributed by atoms with Gasteiger partial charge in [-0.05, 0) is 23.3 Å². The summed E-state index contributed by atoms with van der Waals surface area (Å²) in [4.78, 5) is 37.3. The highest BCUT2D eigenvalue weighted by molar-refractivity contribution is 6.11. The van der Waals surface area contributed by atoms with Crippen LogP contribution in [0.3, 0.4) is 0 Å². The van der Waals surface area contributed by atoms with E-state index in [0.29, 0.717) is 6.54 Å². The molecule has 0 aliphatic carbocycles. The van der Waals surface area contributed by atoms with Crippen molar-refractivity contribution in [3.8, 4) is 0 Å². The number of hydrogen-bond donors (Lipinski definition) is 4. The van der Waals surface area contributed by atoms with Crippen LogP contribution in [0.5, 0.6) is 0 Å². The number of carboxylic acid groups (broad SMARTS) is 1. The van der Waals surface area contributed by atoms with Crippen LogP contribution in [0.15, 0.2) is 48.5 Å². The molecular weight excluding hydrogens is 336 g/mol. The van der Waals surface area contributed by atoms with E-state index >= 15 is 0 Å². The molecule has 3 amide bonds. The standard InChI is InChI=1S/C18H18N4O4/c19-9-11-4-3-5-12(8-11)10-20-18(26)22-14-7-2-1-6-13(14)16(23)21-15(22)17(24)25/h1-8,15H,9-10,19H2,(H,20,26)(H,21,23)(H,24,25). The Balaban J connectivity index is 1.84. The molecule has 0 saturated carbocycles. The Labute approximate surface area is 149 Å². The quantitative estimate of drug-likeness (QED) is 0.652. The van der Waals surface area contributed by atoms with Gasteiger partial charge in [0.05, 0.1) is 11.3 Å². The summed E-state index contributed by atoms with van der Waals surface area (Å²) in [6, 6.07) is 13.1. The molecule has 0 aromatic heterocycles. The first-order chi connectivity index (χ1) is 12.5. The van der Waals surface area contributed by atoms with Gasteiger partial charge in [-0.3, -0.25) is 9.69 Å². The molecule has 2 aromatic rings. The molecule has 5 N–H and O–H groups in total. The molecule has 1 heterocycles. The van der Waals surface area contributed by atoms with Crippen LogP contribution in [0.2, 0.25) is 0 Å². The van der Waals surface area contributed by atoms with E-state index < -0.39 is 24.1 Å². The number of carboxylic acids is 1. The van der Waals surface area contributed by atoms with Gasteiger partial charge in [-0.1, -0.05) is 36.4 Å². The van der Waals surface area contributed by atoms with Crippen molar-refractivity contribution in [2.45, 2.75) is 19.3 Å². The smallest absolute Gasteiger partial charge is 0.347 e. The van der Waals surface area contributed by atoms with E-state index in [9.17, 15) is 19.5 Å². The van der Waals surface area contributed by atoms with Crippen LogP contribution in [0, 0.1) is 0 Å². The van der Waals surface area contributed by atoms with Crippen molar-refractivity contribution in [1.29, 1.82) is 0 Å². The molecule has 0 radical (unpaired) electrons. The average Bonchev–Trinajstić information content (AvgIpc) is 2.66. The maximum atomic E-state index is 12.7. The number of anilines is 1. The number of hydrogen-bond acceptors (Lipinski definition) is 4. The molecule has 26 heavy (non-hydrogen) atoms. The van der Waals surface area contributed by atoms with Crippen molar-refractivity contribution >= 4 is 23.6 Å². The lowest BCUT2D eigenvalue weighted by Gasteiger charge is -2.34. The maximum absolute atomic E-state index is 12.7. The summed E-state index contributed by atoms with van der Waals surface area (Å²) in [5.74, 6) is -1.86. The number of fused-ring (bicyclic) bond motifs is 1. The SMILES string of the molecule is NCc1cccc(CNC(=O)N2c3ccccc3C(=O)NC2C(=O)O)c1. The predicted molar refractivity (Wildman–Crippen MR) is 94.4 cm³/mol. The van der Waals surface area contributed by atoms with Gasteiger partial charge in [-0.2, -0.15) is 0 Å². The lowest BCUT2D eigenvalue weighted by Crippen LogP contribution is -2.61. The number of urea groups is 1. The number of nitrogens with two attached hydrogens (primary N) is 1. The molecular formula is C18H18N4O4. The third kappa shape index (κ3) is 3.35. The topological polar surface area (TPSA) is 125 Å². The first kappa shape index (κ1) is 17.4. The Bertz CT molecular complexity index is 868. The van der Waals surface area contributed by atoms with Gasteiger partial charge in [0.25, 0.3) is 5.91 Å². The molecule has 0 saturated heterocycles. The summed E-state index contributed by atoms with van der Waals surface area (Å²) in [5.41, 5.74) is 7.86. The molecule has 0 bridgehead atoms. The third-order valence-corrected chi connectivity index (χ3v) is 4.06. The zero-order valence-electron chi connectivity index (χ0n) is 13.8. The first-order valence-electron chi connectivity index (χ1n) is 7.99. The highest BCUT2D eigenvalue weighted by Gasteiger charge is 2.38. The summed E-state index contributed by atoms with van der Waals surface area (Å²) in [7, 11) is 0. The van der Waals surface area contributed by atoms with Crippen LogP contribution in [0.25, 0.3) is 0 Å². The van der Waals surface area contributed by atoms with E-state index in [1.807, 2.05) is 24.3 Å². The van der Waals surface area contributed by atoms with Crippen LogP contribution >= 0.6 is 0 Å². The number of carbonyl (C=O) groups excluding carboxylic acids is 2. The van der Waals surface area contributed by atoms with Gasteiger partial charge < -0.3 is 21.5 Å². The minimum atomic E-state index is -1.48. The van der Waals surface area contributed by atoms with Crippen molar-refractivity contribution in [3.63, 3.8) is 0 Å². The Kier molecular flexibility index (Phi) is 4.85. The zero-order chi connectivity index (χ0) is 18.7. The minimum Gasteiger partial charge on any atom is -0.478 e. The van der Waals surface area contributed by atoms with Gasteiger partial charge in [0, 0.05) is 13.1 Å². The number of aliphatic carboxylic acids is 1. The lowest BCUT2D eigenvalue weighted by molar-refractivity contribution is -0.139. The number of benzene rings is 2. The van der Waals surface area contributed by atoms with Crippen molar-refractivity contribution in [2.24, 2.45) is 5.73 Å². The molecule has 0 spiro atoms. The van der Waals surface area contributed by atoms with E-state index in [4.69, 9.17) is 5.73 Å². The highest BCUT2D eigenvalue weighted by atomic mass is 16.4. The van der Waals surface area contributed by atoms with E-state index in [2.05, 4.69) is 10.6 Å². The molecule has 134 valence electrons. The van der Waals surface area contributed by atoms with Crippen molar-refractivity contribution < 1.29 is 19.5 Å². The summed E-state index contributed by atoms with van der Waals surface area (Å²) < 4.78 is 0. The Morgan fingerprint density at radius 3 is 2.62 bits per heavy atom. The summed E-state index contributed by atoms with van der Waals surface area (Å²) >= 11 is 0. The molecule has 1 aliphatic rings. The van der Waals surface area contributed by atoms with Crippen LogP contribution in [-0.4, -0.2) is 29.2 Å². The number of carbonyl (C=O) groups is 3. The number of rotatable bonds is 4. The Hall–Kier alpha value is -3.39. The van der Waals surface area contributed by atoms with Crippen molar-refractivity contribution in [1.82, 2.24) is 10.6 Å². The molecule has 0 fully saturated rings. The van der Waals surface area contributed by atoms with Gasteiger partial charge in [0.2, 0.25) is 6.17 Å². The monoisotopic (exact) mass is 354 g/mol. The van der Waals surface area contributed by atoms with Crippen molar-refractivity contribution in [2.75, 3.05) is 4.90 Å². The van der Waals surface area contributed by atoms with Crippen LogP contribution in [-0.2, 0) is 17.9 Å². The van der Waals surface area contributed by atoms with Gasteiger partial charge >= 0.3 is 12.0 Å². The summed E-state index contributed by atoms with van der Waals surface area (Å²) in [6.07, 6.45) is -1.48. The van der Waals surface area contributed by atoms with E-state index in [0.717, 1.165) is 16.0 Å². The predicted octanol–water partition coefficient (Wildman–Crippen LogP) is 1.02. The zero-order valence-corrected chi connectivity index (χ0v) is 13.8. The third-order valence-electron chi connectivity index (χ3n) is 4.06. The molecule has 3 rings (SSSR count). The molecule has 1 unspecified atom stereocenters.